The molecule has 3 heteroatoms. The van der Waals surface area contributed by atoms with Gasteiger partial charge in [0, 0.05) is 11.4 Å². The van der Waals surface area contributed by atoms with E-state index in [-0.39, 0.29) is 6.61 Å². The minimum atomic E-state index is 0.0322. The monoisotopic (exact) mass is 214 g/mol. The minimum absolute atomic E-state index is 0.0322. The van der Waals surface area contributed by atoms with Crippen molar-refractivity contribution in [2.24, 2.45) is 0 Å². The SMILES string of the molecule is OCc1ncn2c1CCCc1ccccc1-2. The van der Waals surface area contributed by atoms with Crippen molar-refractivity contribution in [1.82, 2.24) is 9.55 Å². The first-order valence-electron chi connectivity index (χ1n) is 5.64. The van der Waals surface area contributed by atoms with Gasteiger partial charge < -0.3 is 9.67 Å². The van der Waals surface area contributed by atoms with Gasteiger partial charge in [-0.2, -0.15) is 0 Å². The topological polar surface area (TPSA) is 38.1 Å². The molecular formula is C13H14N2O. The molecule has 1 N–H and O–H groups in total. The highest BCUT2D eigenvalue weighted by molar-refractivity contribution is 5.44. The third-order valence-electron chi connectivity index (χ3n) is 3.21. The van der Waals surface area contributed by atoms with Crippen LogP contribution in [0, 0.1) is 0 Å². The zero-order chi connectivity index (χ0) is 11.0. The van der Waals surface area contributed by atoms with Gasteiger partial charge in [-0.25, -0.2) is 4.98 Å². The fourth-order valence-electron chi connectivity index (χ4n) is 2.42. The van der Waals surface area contributed by atoms with Gasteiger partial charge in [0.25, 0.3) is 0 Å². The average molecular weight is 214 g/mol. The van der Waals surface area contributed by atoms with Crippen LogP contribution in [0.25, 0.3) is 5.69 Å². The van der Waals surface area contributed by atoms with Crippen LogP contribution in [0.4, 0.5) is 0 Å². The minimum Gasteiger partial charge on any atom is -0.390 e. The lowest BCUT2D eigenvalue weighted by Gasteiger charge is -2.08. The molecule has 0 aliphatic carbocycles. The van der Waals surface area contributed by atoms with Crippen molar-refractivity contribution in [1.29, 1.82) is 0 Å². The van der Waals surface area contributed by atoms with E-state index >= 15 is 0 Å². The Morgan fingerprint density at radius 3 is 3.00 bits per heavy atom. The van der Waals surface area contributed by atoms with Crippen LogP contribution in [-0.2, 0) is 19.4 Å². The molecule has 1 aromatic carbocycles. The van der Waals surface area contributed by atoms with Gasteiger partial charge in [-0.15, -0.1) is 0 Å². The lowest BCUT2D eigenvalue weighted by atomic mass is 10.1. The molecule has 3 rings (SSSR count). The lowest BCUT2D eigenvalue weighted by Crippen LogP contribution is -2.00. The van der Waals surface area contributed by atoms with Crippen molar-refractivity contribution >= 4 is 0 Å². The van der Waals surface area contributed by atoms with Crippen LogP contribution in [0.5, 0.6) is 0 Å². The maximum atomic E-state index is 9.25. The van der Waals surface area contributed by atoms with Gasteiger partial charge in [0.15, 0.2) is 0 Å². The van der Waals surface area contributed by atoms with Crippen LogP contribution >= 0.6 is 0 Å². The van der Waals surface area contributed by atoms with E-state index < -0.39 is 0 Å². The number of aliphatic hydroxyl groups excluding tert-OH is 1. The number of imidazole rings is 1. The Morgan fingerprint density at radius 2 is 2.12 bits per heavy atom. The van der Waals surface area contributed by atoms with Gasteiger partial charge in [0.1, 0.15) is 0 Å². The molecule has 0 atom stereocenters. The highest BCUT2D eigenvalue weighted by atomic mass is 16.3. The number of nitrogens with zero attached hydrogens (tertiary/aromatic N) is 2. The lowest BCUT2D eigenvalue weighted by molar-refractivity contribution is 0.276. The number of aryl methyl sites for hydroxylation is 1. The van der Waals surface area contributed by atoms with Crippen molar-refractivity contribution in [3.05, 3.63) is 47.5 Å². The Kier molecular flexibility index (Phi) is 2.26. The molecule has 0 amide bonds. The van der Waals surface area contributed by atoms with Gasteiger partial charge in [-0.05, 0) is 30.9 Å². The summed E-state index contributed by atoms with van der Waals surface area (Å²) in [6, 6.07) is 8.41. The molecule has 2 aromatic rings. The van der Waals surface area contributed by atoms with E-state index in [2.05, 4.69) is 27.8 Å². The van der Waals surface area contributed by atoms with Crippen molar-refractivity contribution in [3.8, 4) is 5.69 Å². The molecule has 1 aliphatic rings. The molecule has 3 nitrogen and oxygen atoms in total. The number of rotatable bonds is 1. The first kappa shape index (κ1) is 9.60. The maximum absolute atomic E-state index is 9.25. The molecular weight excluding hydrogens is 200 g/mol. The predicted molar refractivity (Wildman–Crippen MR) is 61.5 cm³/mol. The summed E-state index contributed by atoms with van der Waals surface area (Å²) < 4.78 is 2.12. The predicted octanol–water partition coefficient (Wildman–Crippen LogP) is 1.85. The van der Waals surface area contributed by atoms with Gasteiger partial charge in [-0.1, -0.05) is 18.2 Å². The van der Waals surface area contributed by atoms with Gasteiger partial charge in [0.2, 0.25) is 0 Å². The van der Waals surface area contributed by atoms with Crippen molar-refractivity contribution < 1.29 is 5.11 Å². The number of fused-ring (bicyclic) bond motifs is 3. The molecule has 0 saturated carbocycles. The number of para-hydroxylation sites is 1. The third-order valence-corrected chi connectivity index (χ3v) is 3.21. The fourth-order valence-corrected chi connectivity index (χ4v) is 2.42. The van der Waals surface area contributed by atoms with Crippen LogP contribution in [0.3, 0.4) is 0 Å². The normalized spacial score (nSPS) is 14.1. The molecule has 16 heavy (non-hydrogen) atoms. The molecule has 0 spiro atoms. The Morgan fingerprint density at radius 1 is 1.25 bits per heavy atom. The first-order valence-corrected chi connectivity index (χ1v) is 5.64. The van der Waals surface area contributed by atoms with Crippen LogP contribution in [0.2, 0.25) is 0 Å². The molecule has 1 aromatic heterocycles. The summed E-state index contributed by atoms with van der Waals surface area (Å²) in [5.74, 6) is 0. The maximum Gasteiger partial charge on any atom is 0.0998 e. The number of aliphatic hydroxyl groups is 1. The average Bonchev–Trinajstić information content (AvgIpc) is 2.64. The first-order chi connectivity index (χ1) is 7.90. The number of hydrogen-bond acceptors (Lipinski definition) is 2. The van der Waals surface area contributed by atoms with E-state index in [0.29, 0.717) is 0 Å². The van der Waals surface area contributed by atoms with E-state index in [0.717, 1.165) is 30.7 Å². The smallest absolute Gasteiger partial charge is 0.0998 e. The zero-order valence-electron chi connectivity index (χ0n) is 9.06. The summed E-state index contributed by atoms with van der Waals surface area (Å²) in [7, 11) is 0. The van der Waals surface area contributed by atoms with E-state index in [1.165, 1.54) is 11.3 Å². The largest absolute Gasteiger partial charge is 0.390 e. The van der Waals surface area contributed by atoms with Crippen LogP contribution in [-0.4, -0.2) is 14.7 Å². The standard InChI is InChI=1S/C13H14N2O/c16-8-11-13-7-3-5-10-4-1-2-6-12(10)15(13)9-14-11/h1-2,4,6,9,16H,3,5,7-8H2. The summed E-state index contributed by atoms with van der Waals surface area (Å²) >= 11 is 0. The third kappa shape index (κ3) is 1.36. The molecule has 0 unspecified atom stereocenters. The summed E-state index contributed by atoms with van der Waals surface area (Å²) in [5, 5.41) is 9.25. The second-order valence-corrected chi connectivity index (χ2v) is 4.15. The Hall–Kier alpha value is -1.61. The Labute approximate surface area is 94.4 Å². The molecule has 0 saturated heterocycles. The van der Waals surface area contributed by atoms with Crippen molar-refractivity contribution in [3.63, 3.8) is 0 Å². The van der Waals surface area contributed by atoms with Crippen LogP contribution in [0.15, 0.2) is 30.6 Å². The van der Waals surface area contributed by atoms with E-state index in [9.17, 15) is 5.11 Å². The van der Waals surface area contributed by atoms with Gasteiger partial charge >= 0.3 is 0 Å². The van der Waals surface area contributed by atoms with Crippen LogP contribution < -0.4 is 0 Å². The second kappa shape index (κ2) is 3.76. The molecule has 82 valence electrons. The van der Waals surface area contributed by atoms with Crippen molar-refractivity contribution in [2.45, 2.75) is 25.9 Å². The number of aromatic nitrogens is 2. The number of hydrogen-bond donors (Lipinski definition) is 1. The summed E-state index contributed by atoms with van der Waals surface area (Å²) in [4.78, 5) is 4.27. The molecule has 0 fully saturated rings. The summed E-state index contributed by atoms with van der Waals surface area (Å²) in [5.41, 5.74) is 4.55. The van der Waals surface area contributed by atoms with Crippen LogP contribution in [0.1, 0.15) is 23.4 Å². The van der Waals surface area contributed by atoms with Crippen molar-refractivity contribution in [2.75, 3.05) is 0 Å². The zero-order valence-corrected chi connectivity index (χ0v) is 9.06. The molecule has 0 radical (unpaired) electrons. The molecule has 0 bridgehead atoms. The van der Waals surface area contributed by atoms with Gasteiger partial charge in [-0.3, -0.25) is 0 Å². The van der Waals surface area contributed by atoms with E-state index in [1.807, 2.05) is 12.4 Å². The highest BCUT2D eigenvalue weighted by Crippen LogP contribution is 2.25. The number of benzene rings is 1. The molecule has 2 heterocycles. The van der Waals surface area contributed by atoms with Gasteiger partial charge in [0.05, 0.1) is 18.6 Å². The second-order valence-electron chi connectivity index (χ2n) is 4.15. The highest BCUT2D eigenvalue weighted by Gasteiger charge is 2.16. The fraction of sp³-hybridized carbons (Fsp3) is 0.308. The van der Waals surface area contributed by atoms with E-state index in [4.69, 9.17) is 0 Å². The Balaban J connectivity index is 2.22. The summed E-state index contributed by atoms with van der Waals surface area (Å²) in [6.45, 7) is 0.0322. The van der Waals surface area contributed by atoms with E-state index in [1.54, 1.807) is 0 Å². The summed E-state index contributed by atoms with van der Waals surface area (Å²) in [6.07, 6.45) is 5.04. The Bertz CT molecular complexity index is 516. The quantitative estimate of drug-likeness (QED) is 0.786. The molecule has 1 aliphatic heterocycles.